The third-order valence-corrected chi connectivity index (χ3v) is 5.64. The first-order chi connectivity index (χ1) is 13.9. The molecule has 0 aliphatic carbocycles. The number of rotatable bonds is 7. The fraction of sp³-hybridized carbons (Fsp3) is 0.190. The summed E-state index contributed by atoms with van der Waals surface area (Å²) in [6.07, 6.45) is 0. The largest absolute Gasteiger partial charge is 0.360 e. The molecule has 0 aliphatic heterocycles. The van der Waals surface area contributed by atoms with Crippen molar-refractivity contribution in [2.24, 2.45) is 0 Å². The molecule has 0 radical (unpaired) electrons. The van der Waals surface area contributed by atoms with Crippen molar-refractivity contribution in [1.82, 2.24) is 10.5 Å². The number of benzene rings is 2. The lowest BCUT2D eigenvalue weighted by Gasteiger charge is -2.11. The molecule has 2 N–H and O–H groups in total. The van der Waals surface area contributed by atoms with E-state index in [1.165, 1.54) is 11.8 Å². The summed E-state index contributed by atoms with van der Waals surface area (Å²) in [5.74, 6) is 0.719. The van der Waals surface area contributed by atoms with E-state index in [0.29, 0.717) is 17.0 Å². The van der Waals surface area contributed by atoms with Gasteiger partial charge in [0.2, 0.25) is 5.91 Å². The molecular weight excluding hydrogens is 454 g/mol. The average molecular weight is 474 g/mol. The van der Waals surface area contributed by atoms with E-state index in [1.54, 1.807) is 12.1 Å². The zero-order valence-electron chi connectivity index (χ0n) is 16.0. The van der Waals surface area contributed by atoms with Crippen LogP contribution in [0.25, 0.3) is 0 Å². The highest BCUT2D eigenvalue weighted by atomic mass is 79.9. The third kappa shape index (κ3) is 5.95. The van der Waals surface area contributed by atoms with E-state index >= 15 is 0 Å². The van der Waals surface area contributed by atoms with E-state index in [1.807, 2.05) is 50.2 Å². The predicted molar refractivity (Wildman–Crippen MR) is 117 cm³/mol. The van der Waals surface area contributed by atoms with Crippen molar-refractivity contribution in [3.8, 4) is 0 Å². The van der Waals surface area contributed by atoms with Gasteiger partial charge in [0.15, 0.2) is 0 Å². The van der Waals surface area contributed by atoms with Crippen LogP contribution in [0.2, 0.25) is 0 Å². The Bertz CT molecular complexity index is 1040. The fourth-order valence-corrected chi connectivity index (χ4v) is 4.03. The minimum absolute atomic E-state index is 0.116. The Kier molecular flexibility index (Phi) is 7.11. The first kappa shape index (κ1) is 21.1. The van der Waals surface area contributed by atoms with Gasteiger partial charge in [-0.1, -0.05) is 33.2 Å². The molecule has 0 bridgehead atoms. The molecule has 3 rings (SSSR count). The Balaban J connectivity index is 1.58. The molecule has 0 spiro atoms. The molecule has 6 nitrogen and oxygen atoms in total. The summed E-state index contributed by atoms with van der Waals surface area (Å²) < 4.78 is 6.15. The Morgan fingerprint density at radius 3 is 2.66 bits per heavy atom. The molecule has 0 fully saturated rings. The fourth-order valence-electron chi connectivity index (χ4n) is 2.63. The standard InChI is InChI=1S/C21H20BrN3O3S/c1-13-9-15(22)7-8-18(13)24-20(26)11-23-21(27)17-5-3-4-6-19(17)29-12-16-10-14(2)25-28-16/h3-10H,11-12H2,1-2H3,(H,23,27)(H,24,26). The summed E-state index contributed by atoms with van der Waals surface area (Å²) in [5.41, 5.74) is 2.98. The number of nitrogens with one attached hydrogen (secondary N) is 2. The van der Waals surface area contributed by atoms with Gasteiger partial charge in [0, 0.05) is 21.1 Å². The van der Waals surface area contributed by atoms with Crippen LogP contribution in [0, 0.1) is 13.8 Å². The maximum Gasteiger partial charge on any atom is 0.252 e. The molecule has 0 saturated carbocycles. The monoisotopic (exact) mass is 473 g/mol. The van der Waals surface area contributed by atoms with Crippen LogP contribution in [0.4, 0.5) is 5.69 Å². The lowest BCUT2D eigenvalue weighted by Crippen LogP contribution is -2.33. The average Bonchev–Trinajstić information content (AvgIpc) is 3.12. The Morgan fingerprint density at radius 2 is 1.93 bits per heavy atom. The Labute approximate surface area is 181 Å². The molecule has 8 heteroatoms. The van der Waals surface area contributed by atoms with Gasteiger partial charge in [0.05, 0.1) is 23.6 Å². The van der Waals surface area contributed by atoms with Gasteiger partial charge in [0.25, 0.3) is 5.91 Å². The number of carbonyl (C=O) groups is 2. The van der Waals surface area contributed by atoms with E-state index in [-0.39, 0.29) is 18.4 Å². The number of nitrogens with zero attached hydrogens (tertiary/aromatic N) is 1. The molecule has 3 aromatic rings. The zero-order chi connectivity index (χ0) is 20.8. The van der Waals surface area contributed by atoms with Gasteiger partial charge in [-0.3, -0.25) is 9.59 Å². The van der Waals surface area contributed by atoms with Gasteiger partial charge in [-0.2, -0.15) is 0 Å². The number of aromatic nitrogens is 1. The van der Waals surface area contributed by atoms with Gasteiger partial charge in [-0.25, -0.2) is 0 Å². The molecule has 1 heterocycles. The highest BCUT2D eigenvalue weighted by Gasteiger charge is 2.14. The number of anilines is 1. The lowest BCUT2D eigenvalue weighted by molar-refractivity contribution is -0.115. The predicted octanol–water partition coefficient (Wildman–Crippen LogP) is 4.71. The summed E-state index contributed by atoms with van der Waals surface area (Å²) in [5, 5.41) is 9.36. The van der Waals surface area contributed by atoms with Crippen molar-refractivity contribution in [2.75, 3.05) is 11.9 Å². The maximum absolute atomic E-state index is 12.6. The van der Waals surface area contributed by atoms with Crippen molar-refractivity contribution in [2.45, 2.75) is 24.5 Å². The number of hydrogen-bond acceptors (Lipinski definition) is 5. The van der Waals surface area contributed by atoms with Crippen molar-refractivity contribution in [3.63, 3.8) is 0 Å². The molecule has 0 aliphatic rings. The first-order valence-electron chi connectivity index (χ1n) is 8.90. The van der Waals surface area contributed by atoms with E-state index < -0.39 is 0 Å². The third-order valence-electron chi connectivity index (χ3n) is 4.05. The number of hydrogen-bond donors (Lipinski definition) is 2. The quantitative estimate of drug-likeness (QED) is 0.485. The highest BCUT2D eigenvalue weighted by molar-refractivity contribution is 9.10. The van der Waals surface area contributed by atoms with Crippen molar-refractivity contribution in [1.29, 1.82) is 0 Å². The second kappa shape index (κ2) is 9.76. The second-order valence-corrected chi connectivity index (χ2v) is 8.34. The van der Waals surface area contributed by atoms with Crippen molar-refractivity contribution < 1.29 is 14.1 Å². The summed E-state index contributed by atoms with van der Waals surface area (Å²) >= 11 is 4.87. The molecule has 0 unspecified atom stereocenters. The lowest BCUT2D eigenvalue weighted by atomic mass is 10.2. The van der Waals surface area contributed by atoms with Gasteiger partial charge in [-0.05, 0) is 49.7 Å². The molecule has 150 valence electrons. The summed E-state index contributed by atoms with van der Waals surface area (Å²) in [6, 6.07) is 14.7. The minimum Gasteiger partial charge on any atom is -0.360 e. The second-order valence-electron chi connectivity index (χ2n) is 6.41. The maximum atomic E-state index is 12.6. The van der Waals surface area contributed by atoms with Crippen LogP contribution < -0.4 is 10.6 Å². The van der Waals surface area contributed by atoms with E-state index in [0.717, 1.165) is 26.4 Å². The minimum atomic E-state index is -0.301. The summed E-state index contributed by atoms with van der Waals surface area (Å²) in [7, 11) is 0. The molecule has 0 saturated heterocycles. The van der Waals surface area contributed by atoms with Crippen LogP contribution in [-0.2, 0) is 10.5 Å². The molecule has 2 amide bonds. The smallest absolute Gasteiger partial charge is 0.252 e. The van der Waals surface area contributed by atoms with E-state index in [9.17, 15) is 9.59 Å². The van der Waals surface area contributed by atoms with Gasteiger partial charge in [0.1, 0.15) is 5.76 Å². The number of amides is 2. The number of aryl methyl sites for hydroxylation is 2. The van der Waals surface area contributed by atoms with Crippen LogP contribution in [0.1, 0.15) is 27.4 Å². The SMILES string of the molecule is Cc1cc(CSc2ccccc2C(=O)NCC(=O)Nc2ccc(Br)cc2C)on1. The number of thioether (sulfide) groups is 1. The Hall–Kier alpha value is -2.58. The van der Waals surface area contributed by atoms with E-state index in [4.69, 9.17) is 4.52 Å². The topological polar surface area (TPSA) is 84.2 Å². The Morgan fingerprint density at radius 1 is 1.14 bits per heavy atom. The van der Waals surface area contributed by atoms with Gasteiger partial charge >= 0.3 is 0 Å². The van der Waals surface area contributed by atoms with Crippen LogP contribution in [0.3, 0.4) is 0 Å². The molecule has 0 atom stereocenters. The summed E-state index contributed by atoms with van der Waals surface area (Å²) in [4.78, 5) is 25.6. The van der Waals surface area contributed by atoms with Crippen LogP contribution in [0.15, 0.2) is 62.4 Å². The van der Waals surface area contributed by atoms with Crippen molar-refractivity contribution >= 4 is 45.2 Å². The van der Waals surface area contributed by atoms with Crippen LogP contribution in [0.5, 0.6) is 0 Å². The molecular formula is C21H20BrN3O3S. The number of halogens is 1. The molecule has 2 aromatic carbocycles. The van der Waals surface area contributed by atoms with Crippen LogP contribution >= 0.6 is 27.7 Å². The van der Waals surface area contributed by atoms with Crippen LogP contribution in [-0.4, -0.2) is 23.5 Å². The van der Waals surface area contributed by atoms with Gasteiger partial charge < -0.3 is 15.2 Å². The molecule has 1 aromatic heterocycles. The van der Waals surface area contributed by atoms with Gasteiger partial charge in [-0.15, -0.1) is 11.8 Å². The normalized spacial score (nSPS) is 10.6. The first-order valence-corrected chi connectivity index (χ1v) is 10.7. The zero-order valence-corrected chi connectivity index (χ0v) is 18.4. The number of carbonyl (C=O) groups excluding carboxylic acids is 2. The van der Waals surface area contributed by atoms with E-state index in [2.05, 4.69) is 31.7 Å². The molecule has 29 heavy (non-hydrogen) atoms. The van der Waals surface area contributed by atoms with Crippen molar-refractivity contribution in [3.05, 3.63) is 75.6 Å². The summed E-state index contributed by atoms with van der Waals surface area (Å²) in [6.45, 7) is 3.65. The highest BCUT2D eigenvalue weighted by Crippen LogP contribution is 2.26.